The smallest absolute Gasteiger partial charge is 0.399 e. The first kappa shape index (κ1) is 334. The van der Waals surface area contributed by atoms with Gasteiger partial charge in [-0.05, 0) is 67.7 Å². The molecule has 1 aliphatic heterocycles. The Balaban J connectivity index is -0.00000000365. The van der Waals surface area contributed by atoms with Crippen LogP contribution in [-0.2, 0) is 1680 Å². The summed E-state index contributed by atoms with van der Waals surface area (Å²) in [5.41, 5.74) is 0.110. The summed E-state index contributed by atoms with van der Waals surface area (Å²) in [6.45, 7) is 8.32. The van der Waals surface area contributed by atoms with Crippen LogP contribution in [0.15, 0.2) is 18.2 Å². The predicted octanol–water partition coefficient (Wildman–Crippen LogP) is 0.476. The van der Waals surface area contributed by atoms with Crippen molar-refractivity contribution in [2.45, 2.75) is 38.9 Å². The summed E-state index contributed by atoms with van der Waals surface area (Å²) in [5.74, 6) is -3.96. The number of anilines is 2. The third-order valence-electron chi connectivity index (χ3n) is 5.90. The molecular formula is C22H27B4F3N2O2Y51. The summed E-state index contributed by atoms with van der Waals surface area (Å²) >= 11 is 0. The normalized spacial score (nSPS) is 6.39. The third kappa shape index (κ3) is 170. The van der Waals surface area contributed by atoms with Crippen molar-refractivity contribution < 1.29 is 1690 Å². The predicted molar refractivity (Wildman–Crippen MR) is 133 cm³/mol. The molecule has 1 aliphatic rings. The Morgan fingerprint density at radius 2 is 0.393 bits per heavy atom. The molecule has 0 spiro atoms. The molecule has 0 aliphatic carbocycles. The SMILES string of the molecule is CN(C)c1cc(B2OC(C)(C)C(C)(C)O2)cc(N(C)C)c1.[B]c1c(F)c([B])c(F)c([B])c1F.[Y].[Y].[Y].[Y].[Y].[Y].[Y].[Y].[Y].[Y].[Y].[Y].[Y].[Y].[Y].[Y].[Y].[Y].[Y].[Y].[Y].[Y].[Y].[Y].[Y].[Y].[Y].[Y].[Y].[Y].[Y].[Y].[Y].[Y].[Y].[Y].[Y].[Y].[Y].[Y].[Y].[Y].[Y].[Y].[Y].[Y].[Y].[Y].[Y].[Y].[Y]. The summed E-state index contributed by atoms with van der Waals surface area (Å²) in [5, 5.41) is 0. The van der Waals surface area contributed by atoms with Crippen LogP contribution in [0.1, 0.15) is 27.7 Å². The van der Waals surface area contributed by atoms with Crippen molar-refractivity contribution in [2.24, 2.45) is 0 Å². The average Bonchev–Trinajstić information content (AvgIpc) is 2.96. The Hall–Kier alpha value is 54.3. The molecule has 0 aromatic heterocycles. The molecule has 0 saturated carbocycles. The van der Waals surface area contributed by atoms with E-state index in [-0.39, 0.29) is 1690 Å². The van der Waals surface area contributed by atoms with Gasteiger partial charge in [-0.15, -0.1) is 0 Å². The van der Waals surface area contributed by atoms with E-state index in [1.165, 1.54) is 0 Å². The number of rotatable bonds is 3. The summed E-state index contributed by atoms with van der Waals surface area (Å²) in [6, 6.07) is 6.43. The zero-order chi connectivity index (χ0) is 25.5. The number of hydrogen-bond donors (Lipinski definition) is 0. The fraction of sp³-hybridized carbons (Fsp3) is 0.455. The Bertz CT molecular complexity index is 967. The number of benzene rings is 2. The van der Waals surface area contributed by atoms with Gasteiger partial charge in [0.1, 0.15) is 41.0 Å². The van der Waals surface area contributed by atoms with Crippen molar-refractivity contribution >= 4 is 63.9 Å². The van der Waals surface area contributed by atoms with Gasteiger partial charge >= 0.3 is 7.12 Å². The van der Waals surface area contributed by atoms with Crippen LogP contribution in [0.4, 0.5) is 24.5 Å². The second-order valence-corrected chi connectivity index (χ2v) is 9.34. The average molecular weight is 4990 g/mol. The van der Waals surface area contributed by atoms with E-state index >= 15 is 0 Å². The first-order chi connectivity index (χ1) is 15.0. The molecule has 3 rings (SSSR count). The van der Waals surface area contributed by atoms with Crippen LogP contribution >= 0.6 is 0 Å². The fourth-order valence-corrected chi connectivity index (χ4v) is 2.97. The molecule has 0 N–H and O–H groups in total. The molecule has 2 aromatic carbocycles. The Morgan fingerprint density at radius 3 is 0.500 bits per heavy atom. The number of nitrogens with zero attached hydrogens (tertiary/aromatic N) is 2. The van der Waals surface area contributed by atoms with Gasteiger partial charge in [0.25, 0.3) is 0 Å². The van der Waals surface area contributed by atoms with E-state index in [2.05, 4.69) is 55.7 Å². The van der Waals surface area contributed by atoms with E-state index in [1.807, 2.05) is 28.2 Å². The van der Waals surface area contributed by atoms with E-state index < -0.39 is 33.8 Å². The molecule has 0 bridgehead atoms. The van der Waals surface area contributed by atoms with Gasteiger partial charge in [0.2, 0.25) is 0 Å². The molecule has 0 unspecified atom stereocenters. The van der Waals surface area contributed by atoms with Crippen LogP contribution in [0.2, 0.25) is 0 Å². The van der Waals surface area contributed by atoms with Crippen molar-refractivity contribution in [3.8, 4) is 0 Å². The number of hydrogen-bond acceptors (Lipinski definition) is 4. The van der Waals surface area contributed by atoms with Gasteiger partial charge in [-0.25, -0.2) is 13.2 Å². The fourth-order valence-electron chi connectivity index (χ4n) is 2.97. The molecule has 62 heteroatoms. The van der Waals surface area contributed by atoms with Gasteiger partial charge in [0.15, 0.2) is 0 Å². The zero-order valence-electron chi connectivity index (χ0n) is 49.8. The van der Waals surface area contributed by atoms with Crippen LogP contribution in [0.3, 0.4) is 0 Å². The molecule has 323 valence electrons. The van der Waals surface area contributed by atoms with Gasteiger partial charge in [-0.2, -0.15) is 0 Å². The minimum atomic E-state index is -1.32. The third-order valence-corrected chi connectivity index (χ3v) is 5.90. The van der Waals surface area contributed by atoms with E-state index in [0.29, 0.717) is 0 Å². The van der Waals surface area contributed by atoms with Crippen molar-refractivity contribution in [3.05, 3.63) is 35.7 Å². The summed E-state index contributed by atoms with van der Waals surface area (Å²) in [7, 11) is 22.5. The second-order valence-electron chi connectivity index (χ2n) is 9.34. The molecule has 57 radical (unpaired) electrons. The largest absolute Gasteiger partial charge is 0.494 e. The summed E-state index contributed by atoms with van der Waals surface area (Å²) in [4.78, 5) is 4.20. The standard InChI is InChI=1S/C16H27BN2O2.C6B3F3.51Y/c1-15(2)16(3,4)21-17(20-15)12-9-13(18(5)6)11-14(10-12)19(7)8;7-1-4(10)2(8)6(12)3(9)5(1)11;;;;;;;;;;;;;;;;;;;;;;;;;;;;;;;;;;;;;;;;;;;;;;;;;;;/h9-11H,1-8H3;;;;;;;;;;;;;;;;;;;;;;;;;;;;;;;;;;;;;;;;;;;;;;;;;;;;. The van der Waals surface area contributed by atoms with Gasteiger partial charge in [0.05, 0.1) is 11.2 Å². The molecular weight excluding hydrogens is 4960 g/mol. The van der Waals surface area contributed by atoms with E-state index in [4.69, 9.17) is 32.8 Å². The molecule has 1 fully saturated rings. The van der Waals surface area contributed by atoms with Crippen molar-refractivity contribution in [2.75, 3.05) is 38.0 Å². The van der Waals surface area contributed by atoms with Crippen molar-refractivity contribution in [1.82, 2.24) is 0 Å². The molecule has 84 heavy (non-hydrogen) atoms. The molecule has 4 nitrogen and oxygen atoms in total. The topological polar surface area (TPSA) is 24.9 Å². The first-order valence-corrected chi connectivity index (χ1v) is 10.3. The van der Waals surface area contributed by atoms with Crippen LogP contribution in [-0.4, -0.2) is 70.1 Å². The summed E-state index contributed by atoms with van der Waals surface area (Å²) < 4.78 is 50.3. The maximum atomic E-state index is 12.6. The maximum absolute atomic E-state index is 12.6. The van der Waals surface area contributed by atoms with Gasteiger partial charge in [-0.1, -0.05) is 0 Å². The first-order valence-electron chi connectivity index (χ1n) is 10.3. The zero-order valence-corrected chi connectivity index (χ0v) is 195. The Morgan fingerprint density at radius 1 is 0.274 bits per heavy atom. The second kappa shape index (κ2) is 222. The maximum Gasteiger partial charge on any atom is 0.494 e. The monoisotopic (exact) mass is 4990 g/mol. The van der Waals surface area contributed by atoms with Crippen LogP contribution in [0, 0.1) is 17.5 Å². The molecule has 1 heterocycles. The minimum absolute atomic E-state index is 0. The Labute approximate surface area is 1800 Å². The van der Waals surface area contributed by atoms with Crippen LogP contribution in [0.25, 0.3) is 0 Å². The van der Waals surface area contributed by atoms with Gasteiger partial charge in [-0.3, -0.25) is 0 Å². The molecule has 1 saturated heterocycles. The molecule has 2 aromatic rings. The Kier molecular flexibility index (Phi) is 882. The number of halogens is 3. The van der Waals surface area contributed by atoms with Crippen LogP contribution < -0.4 is 31.7 Å². The molecule has 0 amide bonds. The quantitative estimate of drug-likeness (QED) is 0.419. The van der Waals surface area contributed by atoms with Gasteiger partial charge < -0.3 is 19.1 Å². The van der Waals surface area contributed by atoms with E-state index in [9.17, 15) is 13.2 Å². The van der Waals surface area contributed by atoms with Gasteiger partial charge in [0, 0.05) is 1710 Å². The summed E-state index contributed by atoms with van der Waals surface area (Å²) in [6.07, 6.45) is 0. The van der Waals surface area contributed by atoms with Crippen molar-refractivity contribution in [3.63, 3.8) is 0 Å². The molecule has 0 atom stereocenters. The van der Waals surface area contributed by atoms with Crippen molar-refractivity contribution in [1.29, 1.82) is 0 Å². The van der Waals surface area contributed by atoms with E-state index in [1.54, 1.807) is 0 Å². The van der Waals surface area contributed by atoms with Crippen LogP contribution in [0.5, 0.6) is 0 Å². The van der Waals surface area contributed by atoms with E-state index in [0.717, 1.165) is 16.8 Å². The minimum Gasteiger partial charge on any atom is -0.399 e.